The zero-order chi connectivity index (χ0) is 14.1. The lowest BCUT2D eigenvalue weighted by Crippen LogP contribution is -2.17. The van der Waals surface area contributed by atoms with Gasteiger partial charge in [-0.05, 0) is 24.6 Å². The van der Waals surface area contributed by atoms with Crippen LogP contribution < -0.4 is 5.32 Å². The summed E-state index contributed by atoms with van der Waals surface area (Å²) in [5.41, 5.74) is 3.73. The first-order chi connectivity index (χ1) is 9.66. The fourth-order valence-electron chi connectivity index (χ4n) is 2.22. The number of carbonyl (C=O) groups is 1. The molecule has 0 fully saturated rings. The molecule has 0 bridgehead atoms. The van der Waals surface area contributed by atoms with Crippen molar-refractivity contribution in [2.24, 2.45) is 0 Å². The minimum Gasteiger partial charge on any atom is -0.376 e. The first-order valence-corrected chi connectivity index (χ1v) is 6.75. The topological polar surface area (TPSA) is 67.0 Å². The van der Waals surface area contributed by atoms with Crippen molar-refractivity contribution in [3.05, 3.63) is 45.7 Å². The van der Waals surface area contributed by atoms with Crippen molar-refractivity contribution in [2.75, 3.05) is 11.9 Å². The Kier molecular flexibility index (Phi) is 3.46. The number of ether oxygens (including phenoxy) is 1. The molecular weight excluding hydrogens is 278 g/mol. The van der Waals surface area contributed by atoms with Crippen molar-refractivity contribution in [2.45, 2.75) is 20.0 Å². The molecule has 2 aromatic rings. The summed E-state index contributed by atoms with van der Waals surface area (Å²) in [6, 6.07) is 5.40. The Morgan fingerprint density at radius 2 is 2.35 bits per heavy atom. The molecular formula is C14H14ClN3O2. The molecule has 3 rings (SSSR count). The number of hydrogen-bond donors (Lipinski definition) is 2. The zero-order valence-electron chi connectivity index (χ0n) is 11.0. The van der Waals surface area contributed by atoms with Crippen molar-refractivity contribution < 1.29 is 9.53 Å². The number of benzene rings is 1. The highest BCUT2D eigenvalue weighted by Crippen LogP contribution is 2.24. The molecule has 0 aliphatic carbocycles. The summed E-state index contributed by atoms with van der Waals surface area (Å²) >= 11 is 6.04. The minimum atomic E-state index is -0.252. The third-order valence-corrected chi connectivity index (χ3v) is 3.84. The maximum Gasteiger partial charge on any atom is 0.276 e. The van der Waals surface area contributed by atoms with E-state index in [1.807, 2.05) is 13.0 Å². The lowest BCUT2D eigenvalue weighted by Gasteiger charge is -2.13. The molecule has 0 spiro atoms. The molecule has 0 atom stereocenters. The van der Waals surface area contributed by atoms with E-state index < -0.39 is 0 Å². The standard InChI is InChI=1S/C14H14ClN3O2/c1-8-10(15)3-2-4-11(8)16-14(19)13-9-7-20-6-5-12(9)17-18-13/h2-4H,5-7H2,1H3,(H,16,19)(H,17,18). The van der Waals surface area contributed by atoms with Gasteiger partial charge in [-0.25, -0.2) is 0 Å². The van der Waals surface area contributed by atoms with E-state index in [9.17, 15) is 4.79 Å². The number of amides is 1. The van der Waals surface area contributed by atoms with E-state index in [1.54, 1.807) is 12.1 Å². The molecule has 1 aliphatic heterocycles. The van der Waals surface area contributed by atoms with E-state index >= 15 is 0 Å². The first-order valence-electron chi connectivity index (χ1n) is 6.37. The van der Waals surface area contributed by atoms with Gasteiger partial charge in [-0.1, -0.05) is 17.7 Å². The van der Waals surface area contributed by atoms with E-state index in [1.165, 1.54) is 0 Å². The van der Waals surface area contributed by atoms with Crippen molar-refractivity contribution >= 4 is 23.2 Å². The number of hydrogen-bond acceptors (Lipinski definition) is 3. The third-order valence-electron chi connectivity index (χ3n) is 3.43. The van der Waals surface area contributed by atoms with Crippen molar-refractivity contribution in [1.29, 1.82) is 0 Å². The Morgan fingerprint density at radius 1 is 1.50 bits per heavy atom. The Hall–Kier alpha value is -1.85. The number of nitrogens with zero attached hydrogens (tertiary/aromatic N) is 1. The second-order valence-corrected chi connectivity index (χ2v) is 5.11. The van der Waals surface area contributed by atoms with Crippen LogP contribution in [0.2, 0.25) is 5.02 Å². The van der Waals surface area contributed by atoms with Crippen LogP contribution in [0.4, 0.5) is 5.69 Å². The van der Waals surface area contributed by atoms with E-state index in [0.717, 1.165) is 23.2 Å². The van der Waals surface area contributed by atoms with Gasteiger partial charge in [-0.15, -0.1) is 0 Å². The predicted molar refractivity (Wildman–Crippen MR) is 76.1 cm³/mol. The normalized spacial score (nSPS) is 13.9. The van der Waals surface area contributed by atoms with Gasteiger partial charge in [0.15, 0.2) is 5.69 Å². The fourth-order valence-corrected chi connectivity index (χ4v) is 2.40. The Bertz CT molecular complexity index is 666. The highest BCUT2D eigenvalue weighted by molar-refractivity contribution is 6.31. The van der Waals surface area contributed by atoms with Gasteiger partial charge in [0, 0.05) is 28.4 Å². The molecule has 0 unspecified atom stereocenters. The molecule has 0 saturated heterocycles. The van der Waals surface area contributed by atoms with Gasteiger partial charge in [0.1, 0.15) is 0 Å². The van der Waals surface area contributed by atoms with Crippen LogP contribution in [0.25, 0.3) is 0 Å². The molecule has 0 radical (unpaired) electrons. The largest absolute Gasteiger partial charge is 0.376 e. The van der Waals surface area contributed by atoms with Gasteiger partial charge in [0.05, 0.1) is 13.2 Å². The lowest BCUT2D eigenvalue weighted by atomic mass is 10.1. The number of anilines is 1. The number of aromatic nitrogens is 2. The number of nitrogens with one attached hydrogen (secondary N) is 2. The fraction of sp³-hybridized carbons (Fsp3) is 0.286. The van der Waals surface area contributed by atoms with E-state index in [2.05, 4.69) is 15.5 Å². The molecule has 104 valence electrons. The number of carbonyl (C=O) groups excluding carboxylic acids is 1. The minimum absolute atomic E-state index is 0.252. The average Bonchev–Trinajstić information content (AvgIpc) is 2.88. The molecule has 1 aromatic carbocycles. The van der Waals surface area contributed by atoms with Crippen LogP contribution in [0.3, 0.4) is 0 Å². The van der Waals surface area contributed by atoms with Crippen LogP contribution in [0.15, 0.2) is 18.2 Å². The molecule has 1 aromatic heterocycles. The van der Waals surface area contributed by atoms with Crippen LogP contribution in [0.1, 0.15) is 27.3 Å². The molecule has 2 N–H and O–H groups in total. The third kappa shape index (κ3) is 2.30. The van der Waals surface area contributed by atoms with E-state index in [4.69, 9.17) is 16.3 Å². The summed E-state index contributed by atoms with van der Waals surface area (Å²) < 4.78 is 5.38. The number of aromatic amines is 1. The quantitative estimate of drug-likeness (QED) is 0.894. The number of fused-ring (bicyclic) bond motifs is 1. The van der Waals surface area contributed by atoms with Crippen LogP contribution in [0.5, 0.6) is 0 Å². The highest BCUT2D eigenvalue weighted by Gasteiger charge is 2.22. The summed E-state index contributed by atoms with van der Waals surface area (Å²) in [5.74, 6) is -0.252. The van der Waals surface area contributed by atoms with Crippen LogP contribution in [-0.2, 0) is 17.8 Å². The van der Waals surface area contributed by atoms with Crippen molar-refractivity contribution in [3.8, 4) is 0 Å². The van der Waals surface area contributed by atoms with Crippen LogP contribution in [0, 0.1) is 6.92 Å². The molecule has 5 nitrogen and oxygen atoms in total. The number of rotatable bonds is 2. The predicted octanol–water partition coefficient (Wildman–Crippen LogP) is 2.70. The monoisotopic (exact) mass is 291 g/mol. The van der Waals surface area contributed by atoms with Gasteiger partial charge in [-0.2, -0.15) is 5.10 Å². The Balaban J connectivity index is 1.86. The van der Waals surface area contributed by atoms with Gasteiger partial charge in [-0.3, -0.25) is 9.89 Å². The van der Waals surface area contributed by atoms with Gasteiger partial charge in [0.2, 0.25) is 0 Å². The van der Waals surface area contributed by atoms with E-state index in [-0.39, 0.29) is 5.91 Å². The zero-order valence-corrected chi connectivity index (χ0v) is 11.8. The van der Waals surface area contributed by atoms with Crippen LogP contribution >= 0.6 is 11.6 Å². The smallest absolute Gasteiger partial charge is 0.276 e. The summed E-state index contributed by atoms with van der Waals surface area (Å²) in [5, 5.41) is 10.5. The maximum absolute atomic E-state index is 12.3. The molecule has 1 aliphatic rings. The average molecular weight is 292 g/mol. The van der Waals surface area contributed by atoms with Crippen molar-refractivity contribution in [3.63, 3.8) is 0 Å². The number of H-pyrrole nitrogens is 1. The van der Waals surface area contributed by atoms with Crippen LogP contribution in [-0.4, -0.2) is 22.7 Å². The molecule has 1 amide bonds. The van der Waals surface area contributed by atoms with E-state index in [0.29, 0.717) is 29.6 Å². The summed E-state index contributed by atoms with van der Waals surface area (Å²) in [6.07, 6.45) is 0.756. The summed E-state index contributed by atoms with van der Waals surface area (Å²) in [7, 11) is 0. The first kappa shape index (κ1) is 13.1. The second-order valence-electron chi connectivity index (χ2n) is 4.70. The molecule has 2 heterocycles. The Morgan fingerprint density at radius 3 is 3.20 bits per heavy atom. The Labute approximate surface area is 121 Å². The highest BCUT2D eigenvalue weighted by atomic mass is 35.5. The summed E-state index contributed by atoms with van der Waals surface area (Å²) in [6.45, 7) is 2.94. The van der Waals surface area contributed by atoms with Gasteiger partial charge >= 0.3 is 0 Å². The van der Waals surface area contributed by atoms with Gasteiger partial charge in [0.25, 0.3) is 5.91 Å². The lowest BCUT2D eigenvalue weighted by molar-refractivity contribution is 0.0985. The molecule has 20 heavy (non-hydrogen) atoms. The number of halogens is 1. The molecule has 6 heteroatoms. The molecule has 0 saturated carbocycles. The summed E-state index contributed by atoms with van der Waals surface area (Å²) in [4.78, 5) is 12.3. The maximum atomic E-state index is 12.3. The van der Waals surface area contributed by atoms with Crippen molar-refractivity contribution in [1.82, 2.24) is 10.2 Å². The van der Waals surface area contributed by atoms with Gasteiger partial charge < -0.3 is 10.1 Å². The SMILES string of the molecule is Cc1c(Cl)cccc1NC(=O)c1n[nH]c2c1COCC2. The second kappa shape index (κ2) is 5.26.